The quantitative estimate of drug-likeness (QED) is 0.235. The molecule has 3 heterocycles. The zero-order valence-corrected chi connectivity index (χ0v) is 23.0. The largest absolute Gasteiger partial charge is 0.494 e. The highest BCUT2D eigenvalue weighted by Gasteiger charge is 2.42. The number of nitrogens with one attached hydrogen (secondary N) is 2. The van der Waals surface area contributed by atoms with E-state index in [0.29, 0.717) is 28.2 Å². The molecule has 1 saturated heterocycles. The van der Waals surface area contributed by atoms with Crippen LogP contribution in [0.3, 0.4) is 0 Å². The molecule has 0 bridgehead atoms. The number of amides is 1. The number of hydrogen-bond acceptors (Lipinski definition) is 6. The fourth-order valence-electron chi connectivity index (χ4n) is 4.54. The fraction of sp³-hybridized carbons (Fsp3) is 0.207. The van der Waals surface area contributed by atoms with Crippen molar-refractivity contribution in [2.45, 2.75) is 19.0 Å². The minimum absolute atomic E-state index is 0.0682. The fourth-order valence-corrected chi connectivity index (χ4v) is 5.11. The first-order valence-electron chi connectivity index (χ1n) is 12.4. The molecule has 2 aromatic carbocycles. The van der Waals surface area contributed by atoms with E-state index in [-0.39, 0.29) is 24.6 Å². The lowest BCUT2D eigenvalue weighted by atomic mass is 10.0. The molecule has 0 unspecified atom stereocenters. The van der Waals surface area contributed by atoms with Crippen LogP contribution in [0.25, 0.3) is 11.3 Å². The first kappa shape index (κ1) is 26.7. The number of methoxy groups -OCH3 is 1. The molecule has 0 radical (unpaired) electrons. The van der Waals surface area contributed by atoms with Crippen LogP contribution in [-0.2, 0) is 9.53 Å². The molecule has 2 N–H and O–H groups in total. The van der Waals surface area contributed by atoms with Crippen LogP contribution in [0.2, 0.25) is 5.02 Å². The molecule has 10 heteroatoms. The van der Waals surface area contributed by atoms with Gasteiger partial charge in [-0.05, 0) is 85.9 Å². The lowest BCUT2D eigenvalue weighted by Gasteiger charge is -2.26. The molecular weight excluding hydrogens is 536 g/mol. The predicted molar refractivity (Wildman–Crippen MR) is 155 cm³/mol. The van der Waals surface area contributed by atoms with E-state index in [1.807, 2.05) is 72.5 Å². The maximum Gasteiger partial charge on any atom is 0.250 e. The summed E-state index contributed by atoms with van der Waals surface area (Å²) in [5.74, 6) is 1.94. The number of nitrogens with zero attached hydrogens (tertiary/aromatic N) is 2. The highest BCUT2D eigenvalue weighted by atomic mass is 35.5. The van der Waals surface area contributed by atoms with Crippen molar-refractivity contribution in [3.05, 3.63) is 95.5 Å². The van der Waals surface area contributed by atoms with Gasteiger partial charge >= 0.3 is 0 Å². The lowest BCUT2D eigenvalue weighted by molar-refractivity contribution is -0.119. The predicted octanol–water partition coefficient (Wildman–Crippen LogP) is 6.16. The van der Waals surface area contributed by atoms with Crippen molar-refractivity contribution < 1.29 is 18.7 Å². The zero-order valence-electron chi connectivity index (χ0n) is 21.4. The van der Waals surface area contributed by atoms with Crippen LogP contribution in [0.1, 0.15) is 30.5 Å². The van der Waals surface area contributed by atoms with Crippen molar-refractivity contribution in [1.82, 2.24) is 10.3 Å². The second-order valence-electron chi connectivity index (χ2n) is 8.80. The van der Waals surface area contributed by atoms with Crippen LogP contribution in [0, 0.1) is 0 Å². The van der Waals surface area contributed by atoms with Crippen molar-refractivity contribution in [3.8, 4) is 17.1 Å². The lowest BCUT2D eigenvalue weighted by Crippen LogP contribution is -2.29. The minimum atomic E-state index is -0.353. The van der Waals surface area contributed by atoms with E-state index in [1.165, 1.54) is 7.11 Å². The first-order valence-corrected chi connectivity index (χ1v) is 13.2. The van der Waals surface area contributed by atoms with Gasteiger partial charge in [0.2, 0.25) is 5.91 Å². The summed E-state index contributed by atoms with van der Waals surface area (Å²) in [7, 11) is 1.46. The van der Waals surface area contributed by atoms with E-state index in [2.05, 4.69) is 15.6 Å². The van der Waals surface area contributed by atoms with Crippen LogP contribution in [0.5, 0.6) is 5.75 Å². The van der Waals surface area contributed by atoms with Gasteiger partial charge in [-0.25, -0.2) is 0 Å². The molecule has 8 nitrogen and oxygen atoms in total. The molecule has 5 rings (SSSR count). The Morgan fingerprint density at radius 1 is 1.15 bits per heavy atom. The standard InChI is InChI=1S/C29H27ClN4O4S/c1-3-37-20-10-7-18(8-11-20)24-13-14-25(38-24)28-27(23-6-4-5-15-31-23)33-29(39)34(28)19-9-12-22(21(30)16-19)32-26(35)17-36-2/h4-16,27-28H,3,17H2,1-2H3,(H,32,35)(H,33,39)/t27-,28+/m1/s1. The Morgan fingerprint density at radius 2 is 1.97 bits per heavy atom. The van der Waals surface area contributed by atoms with Crippen LogP contribution in [-0.4, -0.2) is 36.3 Å². The Hall–Kier alpha value is -3.92. The van der Waals surface area contributed by atoms with Crippen molar-refractivity contribution in [2.75, 3.05) is 30.5 Å². The maximum absolute atomic E-state index is 12.0. The molecule has 0 saturated carbocycles. The van der Waals surface area contributed by atoms with E-state index in [0.717, 1.165) is 28.5 Å². The third-order valence-electron chi connectivity index (χ3n) is 6.25. The maximum atomic E-state index is 12.0. The number of ether oxygens (including phenoxy) is 2. The summed E-state index contributed by atoms with van der Waals surface area (Å²) in [6.45, 7) is 2.49. The van der Waals surface area contributed by atoms with Crippen molar-refractivity contribution in [2.24, 2.45) is 0 Å². The number of hydrogen-bond donors (Lipinski definition) is 2. The third kappa shape index (κ3) is 5.75. The highest BCUT2D eigenvalue weighted by molar-refractivity contribution is 7.80. The Morgan fingerprint density at radius 3 is 2.67 bits per heavy atom. The van der Waals surface area contributed by atoms with E-state index >= 15 is 0 Å². The van der Waals surface area contributed by atoms with Gasteiger partial charge in [0.15, 0.2) is 5.11 Å². The first-order chi connectivity index (χ1) is 19.0. The zero-order chi connectivity index (χ0) is 27.4. The average Bonchev–Trinajstić information content (AvgIpc) is 3.56. The smallest absolute Gasteiger partial charge is 0.250 e. The highest BCUT2D eigenvalue weighted by Crippen LogP contribution is 2.44. The van der Waals surface area contributed by atoms with Gasteiger partial charge in [-0.1, -0.05) is 17.7 Å². The third-order valence-corrected chi connectivity index (χ3v) is 6.87. The average molecular weight is 563 g/mol. The molecule has 1 aliphatic rings. The molecule has 0 aliphatic carbocycles. The Kier molecular flexibility index (Phi) is 8.11. The van der Waals surface area contributed by atoms with Gasteiger partial charge in [0, 0.05) is 24.6 Å². The van der Waals surface area contributed by atoms with Crippen LogP contribution >= 0.6 is 23.8 Å². The van der Waals surface area contributed by atoms with Gasteiger partial charge in [-0.3, -0.25) is 9.78 Å². The number of carbonyl (C=O) groups is 1. The summed E-state index contributed by atoms with van der Waals surface area (Å²) >= 11 is 12.4. The van der Waals surface area contributed by atoms with Crippen molar-refractivity contribution >= 4 is 46.2 Å². The Balaban J connectivity index is 1.50. The normalized spacial score (nSPS) is 16.7. The number of rotatable bonds is 9. The van der Waals surface area contributed by atoms with Gasteiger partial charge in [-0.15, -0.1) is 0 Å². The second kappa shape index (κ2) is 11.9. The summed E-state index contributed by atoms with van der Waals surface area (Å²) in [5.41, 5.74) is 2.97. The minimum Gasteiger partial charge on any atom is -0.494 e. The molecule has 39 heavy (non-hydrogen) atoms. The van der Waals surface area contributed by atoms with E-state index < -0.39 is 0 Å². The van der Waals surface area contributed by atoms with Gasteiger partial charge in [0.05, 0.1) is 29.1 Å². The Labute approximate surface area is 236 Å². The van der Waals surface area contributed by atoms with Crippen molar-refractivity contribution in [1.29, 1.82) is 0 Å². The molecule has 0 spiro atoms. The van der Waals surface area contributed by atoms with Gasteiger partial charge < -0.3 is 29.4 Å². The topological polar surface area (TPSA) is 88.9 Å². The number of carbonyl (C=O) groups excluding carboxylic acids is 1. The number of benzene rings is 2. The number of pyridine rings is 1. The molecular formula is C29H27ClN4O4S. The van der Waals surface area contributed by atoms with Gasteiger partial charge in [0.25, 0.3) is 0 Å². The molecule has 2 aromatic heterocycles. The number of thiocarbonyl (C=S) groups is 1. The molecule has 4 aromatic rings. The summed E-state index contributed by atoms with van der Waals surface area (Å²) < 4.78 is 16.9. The van der Waals surface area contributed by atoms with E-state index in [1.54, 1.807) is 18.3 Å². The van der Waals surface area contributed by atoms with E-state index in [4.69, 9.17) is 37.7 Å². The van der Waals surface area contributed by atoms with Crippen LogP contribution in [0.4, 0.5) is 11.4 Å². The Bertz CT molecular complexity index is 1460. The van der Waals surface area contributed by atoms with Crippen molar-refractivity contribution in [3.63, 3.8) is 0 Å². The number of furan rings is 1. The number of halogens is 1. The van der Waals surface area contributed by atoms with Gasteiger partial charge in [0.1, 0.15) is 29.9 Å². The molecule has 1 aliphatic heterocycles. The number of anilines is 2. The monoisotopic (exact) mass is 562 g/mol. The van der Waals surface area contributed by atoms with Crippen LogP contribution in [0.15, 0.2) is 83.4 Å². The van der Waals surface area contributed by atoms with Crippen LogP contribution < -0.4 is 20.3 Å². The molecule has 1 fully saturated rings. The molecule has 2 atom stereocenters. The SMILES string of the molecule is CCOc1ccc(-c2ccc([C@H]3[C@@H](c4ccccn4)NC(=S)N3c3ccc(NC(=O)COC)c(Cl)c3)o2)cc1. The summed E-state index contributed by atoms with van der Waals surface area (Å²) in [6, 6.07) is 22.2. The molecule has 200 valence electrons. The number of aromatic nitrogens is 1. The summed E-state index contributed by atoms with van der Waals surface area (Å²) in [4.78, 5) is 18.5. The second-order valence-corrected chi connectivity index (χ2v) is 9.60. The van der Waals surface area contributed by atoms with Gasteiger partial charge in [-0.2, -0.15) is 0 Å². The van der Waals surface area contributed by atoms with E-state index in [9.17, 15) is 4.79 Å². The molecule has 1 amide bonds. The summed E-state index contributed by atoms with van der Waals surface area (Å²) in [5, 5.41) is 7.03. The summed E-state index contributed by atoms with van der Waals surface area (Å²) in [6.07, 6.45) is 1.75.